The van der Waals surface area contributed by atoms with Gasteiger partial charge in [-0.2, -0.15) is 0 Å². The predicted octanol–water partition coefficient (Wildman–Crippen LogP) is 3.34. The summed E-state index contributed by atoms with van der Waals surface area (Å²) in [4.78, 5) is 23.2. The van der Waals surface area contributed by atoms with E-state index < -0.39 is 11.4 Å². The van der Waals surface area contributed by atoms with Gasteiger partial charge >= 0.3 is 5.97 Å². The molecule has 0 unspecified atom stereocenters. The first-order valence-electron chi connectivity index (χ1n) is 6.22. The quantitative estimate of drug-likeness (QED) is 0.892. The van der Waals surface area contributed by atoms with Crippen LogP contribution < -0.4 is 5.32 Å². The zero-order valence-corrected chi connectivity index (χ0v) is 12.3. The molecule has 0 bridgehead atoms. The molecule has 19 heavy (non-hydrogen) atoms. The molecule has 0 heterocycles. The van der Waals surface area contributed by atoms with Gasteiger partial charge < -0.3 is 10.4 Å². The highest BCUT2D eigenvalue weighted by Crippen LogP contribution is 2.44. The highest BCUT2D eigenvalue weighted by atomic mass is 79.9. The third-order valence-corrected chi connectivity index (χ3v) is 4.23. The van der Waals surface area contributed by atoms with Crippen LogP contribution in [0.4, 0.5) is 5.69 Å². The minimum atomic E-state index is -0.861. The summed E-state index contributed by atoms with van der Waals surface area (Å²) in [5, 5.41) is 12.0. The first kappa shape index (κ1) is 14.1. The van der Waals surface area contributed by atoms with Gasteiger partial charge in [-0.15, -0.1) is 0 Å². The summed E-state index contributed by atoms with van der Waals surface area (Å²) >= 11 is 3.35. The van der Waals surface area contributed by atoms with Crippen LogP contribution in [0.15, 0.2) is 22.7 Å². The molecule has 1 fully saturated rings. The van der Waals surface area contributed by atoms with Crippen LogP contribution in [0.5, 0.6) is 0 Å². The Morgan fingerprint density at radius 2 is 2.11 bits per heavy atom. The molecule has 1 aromatic rings. The standard InChI is InChI=1S/C14H16BrNO3/c1-9-3-4-10(15)7-11(9)16-12(17)8-14(13(18)19)5-2-6-14/h3-4,7H,2,5-6,8H2,1H3,(H,16,17)(H,18,19). The van der Waals surface area contributed by atoms with Gasteiger partial charge in [0.05, 0.1) is 5.41 Å². The van der Waals surface area contributed by atoms with Crippen molar-refractivity contribution < 1.29 is 14.7 Å². The van der Waals surface area contributed by atoms with E-state index in [1.807, 2.05) is 25.1 Å². The van der Waals surface area contributed by atoms with Crippen molar-refractivity contribution in [3.63, 3.8) is 0 Å². The molecule has 0 aliphatic heterocycles. The summed E-state index contributed by atoms with van der Waals surface area (Å²) in [7, 11) is 0. The van der Waals surface area contributed by atoms with Crippen LogP contribution in [0.2, 0.25) is 0 Å². The lowest BCUT2D eigenvalue weighted by Crippen LogP contribution is -2.41. The minimum Gasteiger partial charge on any atom is -0.481 e. The zero-order chi connectivity index (χ0) is 14.0. The Balaban J connectivity index is 2.05. The molecule has 1 aromatic carbocycles. The van der Waals surface area contributed by atoms with Crippen LogP contribution >= 0.6 is 15.9 Å². The van der Waals surface area contributed by atoms with Crippen LogP contribution in [-0.2, 0) is 9.59 Å². The molecular formula is C14H16BrNO3. The number of hydrogen-bond acceptors (Lipinski definition) is 2. The molecule has 4 nitrogen and oxygen atoms in total. The van der Waals surface area contributed by atoms with Gasteiger partial charge in [0.1, 0.15) is 0 Å². The van der Waals surface area contributed by atoms with Gasteiger partial charge in [0, 0.05) is 16.6 Å². The predicted molar refractivity (Wildman–Crippen MR) is 76.0 cm³/mol. The number of halogens is 1. The first-order chi connectivity index (χ1) is 8.93. The highest BCUT2D eigenvalue weighted by molar-refractivity contribution is 9.10. The van der Waals surface area contributed by atoms with Crippen molar-refractivity contribution >= 4 is 33.5 Å². The number of hydrogen-bond donors (Lipinski definition) is 2. The van der Waals surface area contributed by atoms with Crippen molar-refractivity contribution in [2.45, 2.75) is 32.6 Å². The lowest BCUT2D eigenvalue weighted by atomic mass is 9.66. The SMILES string of the molecule is Cc1ccc(Br)cc1NC(=O)CC1(C(=O)O)CCC1. The Morgan fingerprint density at radius 3 is 2.63 bits per heavy atom. The Labute approximate surface area is 120 Å². The Bertz CT molecular complexity index is 523. The van der Waals surface area contributed by atoms with Crippen molar-refractivity contribution in [2.75, 3.05) is 5.32 Å². The molecule has 0 atom stereocenters. The van der Waals surface area contributed by atoms with Crippen LogP contribution in [-0.4, -0.2) is 17.0 Å². The number of nitrogens with one attached hydrogen (secondary N) is 1. The van der Waals surface area contributed by atoms with Gasteiger partial charge in [0.2, 0.25) is 5.91 Å². The summed E-state index contributed by atoms with van der Waals surface area (Å²) in [6.45, 7) is 1.90. The number of benzene rings is 1. The Morgan fingerprint density at radius 1 is 1.42 bits per heavy atom. The average molecular weight is 326 g/mol. The van der Waals surface area contributed by atoms with E-state index in [0.717, 1.165) is 22.1 Å². The van der Waals surface area contributed by atoms with E-state index in [2.05, 4.69) is 21.2 Å². The fourth-order valence-electron chi connectivity index (χ4n) is 2.30. The lowest BCUT2D eigenvalue weighted by molar-refractivity contribution is -0.157. The van der Waals surface area contributed by atoms with Crippen LogP contribution in [0, 0.1) is 12.3 Å². The molecule has 1 amide bonds. The molecule has 0 spiro atoms. The minimum absolute atomic E-state index is 0.0499. The largest absolute Gasteiger partial charge is 0.481 e. The normalized spacial score (nSPS) is 16.5. The van der Waals surface area contributed by atoms with Crippen molar-refractivity contribution in [1.82, 2.24) is 0 Å². The molecule has 102 valence electrons. The number of anilines is 1. The van der Waals surface area contributed by atoms with Gasteiger partial charge in [0.15, 0.2) is 0 Å². The van der Waals surface area contributed by atoms with E-state index in [0.29, 0.717) is 12.8 Å². The molecule has 1 aliphatic carbocycles. The van der Waals surface area contributed by atoms with E-state index in [1.165, 1.54) is 0 Å². The van der Waals surface area contributed by atoms with E-state index >= 15 is 0 Å². The van der Waals surface area contributed by atoms with Gasteiger partial charge in [-0.05, 0) is 37.5 Å². The number of carbonyl (C=O) groups excluding carboxylic acids is 1. The van der Waals surface area contributed by atoms with E-state index in [-0.39, 0.29) is 12.3 Å². The van der Waals surface area contributed by atoms with E-state index in [1.54, 1.807) is 0 Å². The summed E-state index contributed by atoms with van der Waals surface area (Å²) in [5.74, 6) is -1.09. The lowest BCUT2D eigenvalue weighted by Gasteiger charge is -2.36. The number of aliphatic carboxylic acids is 1. The number of rotatable bonds is 4. The van der Waals surface area contributed by atoms with Crippen LogP contribution in [0.25, 0.3) is 0 Å². The van der Waals surface area contributed by atoms with Crippen LogP contribution in [0.1, 0.15) is 31.2 Å². The number of amides is 1. The highest BCUT2D eigenvalue weighted by Gasteiger charge is 2.45. The number of carboxylic acid groups (broad SMARTS) is 1. The van der Waals surface area contributed by atoms with Gasteiger partial charge in [0.25, 0.3) is 0 Å². The molecule has 1 saturated carbocycles. The Hall–Kier alpha value is -1.36. The second-order valence-corrected chi connectivity index (χ2v) is 6.04. The fourth-order valence-corrected chi connectivity index (χ4v) is 2.66. The second-order valence-electron chi connectivity index (χ2n) is 5.12. The molecule has 0 radical (unpaired) electrons. The van der Waals surface area contributed by atoms with Crippen molar-refractivity contribution in [2.24, 2.45) is 5.41 Å². The summed E-state index contributed by atoms with van der Waals surface area (Å²) < 4.78 is 0.880. The molecule has 2 N–H and O–H groups in total. The number of carbonyl (C=O) groups is 2. The van der Waals surface area contributed by atoms with Crippen molar-refractivity contribution in [3.05, 3.63) is 28.2 Å². The van der Waals surface area contributed by atoms with E-state index in [4.69, 9.17) is 0 Å². The number of carboxylic acids is 1. The second kappa shape index (κ2) is 5.33. The van der Waals surface area contributed by atoms with Gasteiger partial charge in [-0.25, -0.2) is 0 Å². The molecule has 5 heteroatoms. The monoisotopic (exact) mass is 325 g/mol. The van der Waals surface area contributed by atoms with Gasteiger partial charge in [-0.3, -0.25) is 9.59 Å². The summed E-state index contributed by atoms with van der Waals surface area (Å²) in [5.41, 5.74) is 0.832. The maximum atomic E-state index is 12.0. The topological polar surface area (TPSA) is 66.4 Å². The van der Waals surface area contributed by atoms with E-state index in [9.17, 15) is 14.7 Å². The maximum absolute atomic E-state index is 12.0. The van der Waals surface area contributed by atoms with Gasteiger partial charge in [-0.1, -0.05) is 28.4 Å². The number of aryl methyl sites for hydroxylation is 1. The maximum Gasteiger partial charge on any atom is 0.310 e. The molecule has 2 rings (SSSR count). The zero-order valence-electron chi connectivity index (χ0n) is 10.7. The van der Waals surface area contributed by atoms with Crippen molar-refractivity contribution in [3.8, 4) is 0 Å². The summed E-state index contributed by atoms with van der Waals surface area (Å²) in [6, 6.07) is 5.62. The molecule has 0 saturated heterocycles. The summed E-state index contributed by atoms with van der Waals surface area (Å²) in [6.07, 6.45) is 2.12. The molecule has 1 aliphatic rings. The third kappa shape index (κ3) is 2.97. The molecule has 0 aromatic heterocycles. The Kier molecular flexibility index (Phi) is 3.94. The fraction of sp³-hybridized carbons (Fsp3) is 0.429. The average Bonchev–Trinajstić information content (AvgIpc) is 2.28. The van der Waals surface area contributed by atoms with Crippen molar-refractivity contribution in [1.29, 1.82) is 0 Å². The first-order valence-corrected chi connectivity index (χ1v) is 7.02. The third-order valence-electron chi connectivity index (χ3n) is 3.74. The van der Waals surface area contributed by atoms with Crippen LogP contribution in [0.3, 0.4) is 0 Å². The molecular weight excluding hydrogens is 310 g/mol. The smallest absolute Gasteiger partial charge is 0.310 e.